The maximum Gasteiger partial charge on any atom is 0.239 e. The van der Waals surface area contributed by atoms with Gasteiger partial charge in [0.15, 0.2) is 0 Å². The van der Waals surface area contributed by atoms with E-state index in [2.05, 4.69) is 56.1 Å². The number of imide groups is 1. The number of hydrogen-bond acceptors (Lipinski definition) is 2. The van der Waals surface area contributed by atoms with E-state index in [1.807, 2.05) is 66.7 Å². The average molecular weight is 559 g/mol. The number of benzene rings is 4. The number of halogens is 2. The van der Waals surface area contributed by atoms with Gasteiger partial charge in [0.25, 0.3) is 0 Å². The van der Waals surface area contributed by atoms with E-state index >= 15 is 0 Å². The van der Waals surface area contributed by atoms with E-state index in [1.54, 1.807) is 0 Å². The Morgan fingerprint density at radius 3 is 1.48 bits per heavy atom. The summed E-state index contributed by atoms with van der Waals surface area (Å²) in [6, 6.07) is 30.1. The number of carbonyl (C=O) groups excluding carboxylic acids is 2. The van der Waals surface area contributed by atoms with Crippen molar-refractivity contribution in [3.63, 3.8) is 0 Å². The molecule has 160 valence electrons. The number of carbonyl (C=O) groups is 2. The third-order valence-corrected chi connectivity index (χ3v) is 10.3. The maximum absolute atomic E-state index is 14.1. The first-order valence-corrected chi connectivity index (χ1v) is 12.5. The van der Waals surface area contributed by atoms with Gasteiger partial charge >= 0.3 is 0 Å². The Kier molecular flexibility index (Phi) is 3.83. The highest BCUT2D eigenvalue weighted by Crippen LogP contribution is 2.70. The second kappa shape index (κ2) is 6.43. The summed E-state index contributed by atoms with van der Waals surface area (Å²) < 4.78 is -1.53. The summed E-state index contributed by atoms with van der Waals surface area (Å²) in [6.07, 6.45) is 0. The molecule has 2 amide bonds. The number of nitrogens with zero attached hydrogens (tertiary/aromatic N) is 1. The van der Waals surface area contributed by atoms with Crippen LogP contribution >= 0.6 is 31.9 Å². The lowest BCUT2D eigenvalue weighted by atomic mass is 9.54. The summed E-state index contributed by atoms with van der Waals surface area (Å²) in [4.78, 5) is 29.6. The molecule has 1 saturated heterocycles. The van der Waals surface area contributed by atoms with Gasteiger partial charge in [-0.05, 0) is 45.2 Å². The van der Waals surface area contributed by atoms with E-state index in [-0.39, 0.29) is 11.8 Å². The molecule has 1 fully saturated rings. The topological polar surface area (TPSA) is 37.4 Å². The monoisotopic (exact) mass is 557 g/mol. The minimum atomic E-state index is -0.765. The number of alkyl halides is 2. The van der Waals surface area contributed by atoms with Gasteiger partial charge in [-0.15, -0.1) is 0 Å². The summed E-state index contributed by atoms with van der Waals surface area (Å²) in [6.45, 7) is 0. The van der Waals surface area contributed by atoms with Crippen LogP contribution in [-0.4, -0.2) is 11.8 Å². The van der Waals surface area contributed by atoms with Crippen molar-refractivity contribution in [2.75, 3.05) is 4.90 Å². The van der Waals surface area contributed by atoms with Crippen molar-refractivity contribution >= 4 is 60.1 Å². The second-order valence-corrected chi connectivity index (χ2v) is 11.5. The van der Waals surface area contributed by atoms with Crippen LogP contribution in [0.25, 0.3) is 10.8 Å². The van der Waals surface area contributed by atoms with Crippen molar-refractivity contribution in [2.24, 2.45) is 11.8 Å². The zero-order valence-electron chi connectivity index (χ0n) is 17.3. The van der Waals surface area contributed by atoms with E-state index in [4.69, 9.17) is 0 Å². The first-order valence-electron chi connectivity index (χ1n) is 10.9. The molecular weight excluding hydrogens is 542 g/mol. The zero-order chi connectivity index (χ0) is 22.5. The molecule has 8 rings (SSSR count). The molecule has 33 heavy (non-hydrogen) atoms. The fraction of sp³-hybridized carbons (Fsp3) is 0.143. The van der Waals surface area contributed by atoms with Crippen molar-refractivity contribution < 1.29 is 9.59 Å². The van der Waals surface area contributed by atoms with Crippen LogP contribution in [0.2, 0.25) is 0 Å². The van der Waals surface area contributed by atoms with Gasteiger partial charge in [-0.3, -0.25) is 9.59 Å². The van der Waals surface area contributed by atoms with Crippen LogP contribution in [0.5, 0.6) is 0 Å². The van der Waals surface area contributed by atoms with Crippen molar-refractivity contribution in [3.05, 3.63) is 113 Å². The van der Waals surface area contributed by atoms with Gasteiger partial charge in [0.2, 0.25) is 11.8 Å². The van der Waals surface area contributed by atoms with Crippen molar-refractivity contribution in [2.45, 2.75) is 8.65 Å². The summed E-state index contributed by atoms with van der Waals surface area (Å²) >= 11 is 8.10. The summed E-state index contributed by atoms with van der Waals surface area (Å²) in [5, 5.41) is 2.08. The minimum absolute atomic E-state index is 0.162. The van der Waals surface area contributed by atoms with Crippen LogP contribution in [0.1, 0.15) is 22.3 Å². The van der Waals surface area contributed by atoms with E-state index in [1.165, 1.54) is 4.90 Å². The van der Waals surface area contributed by atoms with Gasteiger partial charge in [0, 0.05) is 0 Å². The fourth-order valence-corrected chi connectivity index (χ4v) is 8.54. The van der Waals surface area contributed by atoms with Gasteiger partial charge in [0.05, 0.1) is 26.2 Å². The van der Waals surface area contributed by atoms with Gasteiger partial charge < -0.3 is 0 Å². The molecular formula is C28H17Br2NO2. The Morgan fingerprint density at radius 2 is 1.00 bits per heavy atom. The third-order valence-electron chi connectivity index (χ3n) is 7.58. The van der Waals surface area contributed by atoms with E-state index < -0.39 is 20.5 Å². The molecule has 2 bridgehead atoms. The standard InChI is InChI=1S/C28H17Br2NO2/c29-27-19-9-3-4-10-20(19)28(30,22-12-6-5-11-21(22)27)24-23(27)25(32)31(26(24)33)18-14-13-16-7-1-2-8-17(16)15-18/h1-15,23-24H/t23-,24-,27?,28?/m0/s1. The Morgan fingerprint density at radius 1 is 0.576 bits per heavy atom. The Hall–Kier alpha value is -2.76. The normalized spacial score (nSPS) is 29.2. The molecule has 2 atom stereocenters. The van der Waals surface area contributed by atoms with E-state index in [0.29, 0.717) is 5.69 Å². The molecule has 0 saturated carbocycles. The zero-order valence-corrected chi connectivity index (χ0v) is 20.5. The van der Waals surface area contributed by atoms with E-state index in [0.717, 1.165) is 33.0 Å². The second-order valence-electron chi connectivity index (χ2n) is 9.01. The lowest BCUT2D eigenvalue weighted by Crippen LogP contribution is -2.56. The van der Waals surface area contributed by atoms with Gasteiger partial charge in [0.1, 0.15) is 0 Å². The highest BCUT2D eigenvalue weighted by Gasteiger charge is 2.72. The van der Waals surface area contributed by atoms with Crippen LogP contribution in [0.3, 0.4) is 0 Å². The van der Waals surface area contributed by atoms with Crippen molar-refractivity contribution in [1.82, 2.24) is 0 Å². The molecule has 0 N–H and O–H groups in total. The van der Waals surface area contributed by atoms with Crippen molar-refractivity contribution in [1.29, 1.82) is 0 Å². The SMILES string of the molecule is O=C1[C@@H]2[C@@H](C(=O)N1c1ccc3ccccc3c1)C1(Br)c3ccccc3C2(Br)c2ccccc21. The largest absolute Gasteiger partial charge is 0.274 e. The first kappa shape index (κ1) is 19.7. The molecule has 4 aromatic carbocycles. The molecule has 4 aromatic rings. The molecule has 1 aliphatic heterocycles. The number of fused-ring (bicyclic) bond motifs is 1. The van der Waals surface area contributed by atoms with Crippen LogP contribution in [0.4, 0.5) is 5.69 Å². The van der Waals surface area contributed by atoms with Gasteiger partial charge in [-0.2, -0.15) is 0 Å². The number of rotatable bonds is 1. The Bertz CT molecular complexity index is 1410. The Balaban J connectivity index is 1.49. The predicted molar refractivity (Wildman–Crippen MR) is 136 cm³/mol. The summed E-state index contributed by atoms with van der Waals surface area (Å²) in [5.41, 5.74) is 4.80. The molecule has 3 aliphatic carbocycles. The van der Waals surface area contributed by atoms with Crippen LogP contribution < -0.4 is 4.90 Å². The predicted octanol–water partition coefficient (Wildman–Crippen LogP) is 6.25. The van der Waals surface area contributed by atoms with Crippen LogP contribution in [0.15, 0.2) is 91.0 Å². The lowest BCUT2D eigenvalue weighted by molar-refractivity contribution is -0.122. The van der Waals surface area contributed by atoms with Crippen LogP contribution in [-0.2, 0) is 18.2 Å². The minimum Gasteiger partial charge on any atom is -0.274 e. The number of hydrogen-bond donors (Lipinski definition) is 0. The summed E-state index contributed by atoms with van der Waals surface area (Å²) in [7, 11) is 0. The van der Waals surface area contributed by atoms with Gasteiger partial charge in [-0.1, -0.05) is 111 Å². The molecule has 0 aromatic heterocycles. The highest BCUT2D eigenvalue weighted by atomic mass is 79.9. The van der Waals surface area contributed by atoms with Crippen LogP contribution in [0, 0.1) is 11.8 Å². The van der Waals surface area contributed by atoms with Crippen molar-refractivity contribution in [3.8, 4) is 0 Å². The Labute approximate surface area is 207 Å². The molecule has 0 radical (unpaired) electrons. The number of anilines is 1. The number of amides is 2. The summed E-state index contributed by atoms with van der Waals surface area (Å²) in [5.74, 6) is -1.43. The molecule has 4 aliphatic rings. The molecule has 5 heteroatoms. The maximum atomic E-state index is 14.1. The smallest absolute Gasteiger partial charge is 0.239 e. The average Bonchev–Trinajstić information content (AvgIpc) is 3.13. The first-order chi connectivity index (χ1) is 16.0. The van der Waals surface area contributed by atoms with E-state index in [9.17, 15) is 9.59 Å². The lowest BCUT2D eigenvalue weighted by Gasteiger charge is -2.55. The quantitative estimate of drug-likeness (QED) is 0.204. The molecule has 3 nitrogen and oxygen atoms in total. The molecule has 0 spiro atoms. The fourth-order valence-electron chi connectivity index (χ4n) is 6.24. The molecule has 0 unspecified atom stereocenters. The highest BCUT2D eigenvalue weighted by molar-refractivity contribution is 9.10. The van der Waals surface area contributed by atoms with Gasteiger partial charge in [-0.25, -0.2) is 4.90 Å². The molecule has 1 heterocycles. The third kappa shape index (κ3) is 2.20.